The normalized spacial score (nSPS) is 11.3. The average molecular weight is 515 g/mol. The maximum atomic E-state index is 15.6. The lowest BCUT2D eigenvalue weighted by Gasteiger charge is -2.15. The van der Waals surface area contributed by atoms with Gasteiger partial charge in [0.25, 0.3) is 10.0 Å². The Bertz CT molecular complexity index is 1580. The molecule has 0 aliphatic carbocycles. The van der Waals surface area contributed by atoms with Crippen LogP contribution in [0.2, 0.25) is 5.02 Å². The second-order valence-corrected chi connectivity index (χ2v) is 9.47. The molecule has 180 valence electrons. The highest BCUT2D eigenvalue weighted by Gasteiger charge is 2.24. The van der Waals surface area contributed by atoms with Gasteiger partial charge in [-0.3, -0.25) is 9.52 Å². The van der Waals surface area contributed by atoms with Gasteiger partial charge in [0.15, 0.2) is 17.2 Å². The first-order chi connectivity index (χ1) is 16.7. The number of anilines is 3. The first-order valence-corrected chi connectivity index (χ1v) is 12.2. The van der Waals surface area contributed by atoms with Crippen LogP contribution in [0, 0.1) is 5.82 Å². The molecule has 0 aliphatic heterocycles. The van der Waals surface area contributed by atoms with E-state index in [-0.39, 0.29) is 26.7 Å². The van der Waals surface area contributed by atoms with Crippen molar-refractivity contribution in [2.24, 2.45) is 0 Å². The van der Waals surface area contributed by atoms with Crippen molar-refractivity contribution in [1.82, 2.24) is 15.0 Å². The van der Waals surface area contributed by atoms with Crippen LogP contribution < -0.4 is 15.4 Å². The molecule has 35 heavy (non-hydrogen) atoms. The molecule has 0 saturated heterocycles. The molecule has 2 heterocycles. The van der Waals surface area contributed by atoms with Crippen molar-refractivity contribution in [1.29, 1.82) is 0 Å². The number of rotatable bonds is 7. The van der Waals surface area contributed by atoms with Crippen LogP contribution in [0.5, 0.6) is 0 Å². The number of hydrogen-bond donors (Lipinski definition) is 3. The zero-order valence-electron chi connectivity index (χ0n) is 18.8. The van der Waals surface area contributed by atoms with E-state index < -0.39 is 21.6 Å². The minimum atomic E-state index is -4.31. The Morgan fingerprint density at radius 2 is 1.77 bits per heavy atom. The predicted octanol–water partition coefficient (Wildman–Crippen LogP) is 4.57. The maximum absolute atomic E-state index is 15.6. The second-order valence-electron chi connectivity index (χ2n) is 7.44. The molecule has 0 bridgehead atoms. The van der Waals surface area contributed by atoms with Gasteiger partial charge in [0.1, 0.15) is 10.7 Å². The molecular formula is C23H20ClFN6O3S. The van der Waals surface area contributed by atoms with Gasteiger partial charge in [-0.25, -0.2) is 22.8 Å². The number of benzene rings is 2. The molecule has 0 unspecified atom stereocenters. The Balaban J connectivity index is 1.79. The molecule has 0 saturated carbocycles. The van der Waals surface area contributed by atoms with Gasteiger partial charge in [0.2, 0.25) is 5.95 Å². The highest BCUT2D eigenvalue weighted by molar-refractivity contribution is 7.92. The number of halogens is 2. The smallest absolute Gasteiger partial charge is 0.263 e. The number of sulfonamides is 1. The van der Waals surface area contributed by atoms with E-state index in [0.717, 1.165) is 0 Å². The standard InChI is InChI=1S/C23H20ClFN6O3S/c1-12(32)14-6-5-9-18(19(14)24)35(33,34)31-17-8-4-7-15(20(17)25)16-10-13-11-28-23(27-3)30-21(13)29-22(16)26-2/h4-11,31H,1-3H3,(H2,26,27,28,29,30). The molecule has 0 atom stereocenters. The van der Waals surface area contributed by atoms with Gasteiger partial charge >= 0.3 is 0 Å². The van der Waals surface area contributed by atoms with Gasteiger partial charge in [-0.05, 0) is 31.2 Å². The van der Waals surface area contributed by atoms with Crippen LogP contribution in [0.25, 0.3) is 22.2 Å². The minimum absolute atomic E-state index is 0.0494. The van der Waals surface area contributed by atoms with Crippen LogP contribution in [-0.2, 0) is 10.0 Å². The molecular weight excluding hydrogens is 495 g/mol. The van der Waals surface area contributed by atoms with E-state index in [1.54, 1.807) is 26.4 Å². The number of carbonyl (C=O) groups is 1. The maximum Gasteiger partial charge on any atom is 0.263 e. The lowest BCUT2D eigenvalue weighted by atomic mass is 10.0. The van der Waals surface area contributed by atoms with E-state index >= 15 is 4.39 Å². The molecule has 2 aromatic carbocycles. The largest absolute Gasteiger partial charge is 0.373 e. The van der Waals surface area contributed by atoms with E-state index in [0.29, 0.717) is 28.4 Å². The van der Waals surface area contributed by atoms with Crippen molar-refractivity contribution >= 4 is 55.9 Å². The summed E-state index contributed by atoms with van der Waals surface area (Å²) >= 11 is 6.17. The fourth-order valence-electron chi connectivity index (χ4n) is 3.49. The number of nitrogens with zero attached hydrogens (tertiary/aromatic N) is 3. The summed E-state index contributed by atoms with van der Waals surface area (Å²) < 4.78 is 43.9. The van der Waals surface area contributed by atoms with Gasteiger partial charge in [0.05, 0.1) is 10.7 Å². The van der Waals surface area contributed by atoms with Gasteiger partial charge < -0.3 is 10.6 Å². The van der Waals surface area contributed by atoms with Crippen LogP contribution in [0.4, 0.5) is 21.8 Å². The number of ketones is 1. The Morgan fingerprint density at radius 1 is 1.03 bits per heavy atom. The van der Waals surface area contributed by atoms with Crippen molar-refractivity contribution in [3.05, 3.63) is 65.1 Å². The molecule has 4 aromatic rings. The molecule has 3 N–H and O–H groups in total. The Kier molecular flexibility index (Phi) is 6.55. The zero-order valence-corrected chi connectivity index (χ0v) is 20.4. The van der Waals surface area contributed by atoms with Crippen LogP contribution in [-0.4, -0.2) is 43.2 Å². The molecule has 4 rings (SSSR count). The number of carbonyl (C=O) groups excluding carboxylic acids is 1. The number of fused-ring (bicyclic) bond motifs is 1. The van der Waals surface area contributed by atoms with Crippen molar-refractivity contribution in [2.45, 2.75) is 11.8 Å². The molecule has 2 aromatic heterocycles. The number of aromatic nitrogens is 3. The van der Waals surface area contributed by atoms with Gasteiger partial charge in [0, 0.05) is 42.4 Å². The lowest BCUT2D eigenvalue weighted by Crippen LogP contribution is -2.15. The first-order valence-electron chi connectivity index (χ1n) is 10.3. The minimum Gasteiger partial charge on any atom is -0.373 e. The molecule has 0 aliphatic rings. The third kappa shape index (κ3) is 4.60. The van der Waals surface area contributed by atoms with Crippen molar-refractivity contribution in [3.63, 3.8) is 0 Å². The molecule has 9 nitrogen and oxygen atoms in total. The Morgan fingerprint density at radius 3 is 2.46 bits per heavy atom. The summed E-state index contributed by atoms with van der Waals surface area (Å²) in [6.45, 7) is 1.27. The first kappa shape index (κ1) is 24.3. The molecule has 12 heteroatoms. The van der Waals surface area contributed by atoms with Gasteiger partial charge in [-0.2, -0.15) is 4.98 Å². The Hall–Kier alpha value is -3.83. The molecule has 0 spiro atoms. The summed E-state index contributed by atoms with van der Waals surface area (Å²) in [5.74, 6) is -0.487. The average Bonchev–Trinajstić information content (AvgIpc) is 2.83. The number of pyridine rings is 1. The van der Waals surface area contributed by atoms with Gasteiger partial charge in [-0.15, -0.1) is 0 Å². The highest BCUT2D eigenvalue weighted by Crippen LogP contribution is 2.35. The van der Waals surface area contributed by atoms with Crippen LogP contribution >= 0.6 is 11.6 Å². The summed E-state index contributed by atoms with van der Waals surface area (Å²) in [7, 11) is -1.00. The highest BCUT2D eigenvalue weighted by atomic mass is 35.5. The number of hydrogen-bond acceptors (Lipinski definition) is 8. The number of nitrogens with one attached hydrogen (secondary N) is 3. The van der Waals surface area contributed by atoms with Gasteiger partial charge in [-0.1, -0.05) is 29.8 Å². The fourth-order valence-corrected chi connectivity index (χ4v) is 5.21. The van der Waals surface area contributed by atoms with E-state index in [2.05, 4.69) is 30.3 Å². The van der Waals surface area contributed by atoms with Crippen molar-refractivity contribution in [2.75, 3.05) is 29.5 Å². The molecule has 0 amide bonds. The number of Topliss-reactive ketones (excluding diaryl/α,β-unsaturated/α-hetero) is 1. The summed E-state index contributed by atoms with van der Waals surface area (Å²) in [4.78, 5) is 24.3. The van der Waals surface area contributed by atoms with Crippen LogP contribution in [0.3, 0.4) is 0 Å². The summed E-state index contributed by atoms with van der Waals surface area (Å²) in [6, 6.07) is 10.0. The topological polar surface area (TPSA) is 126 Å². The summed E-state index contributed by atoms with van der Waals surface area (Å²) in [5, 5.41) is 6.09. The Labute approximate surface area is 205 Å². The van der Waals surface area contributed by atoms with Crippen molar-refractivity contribution in [3.8, 4) is 11.1 Å². The van der Waals surface area contributed by atoms with E-state index in [1.165, 1.54) is 43.3 Å². The second kappa shape index (κ2) is 9.43. The summed E-state index contributed by atoms with van der Waals surface area (Å²) in [6.07, 6.45) is 1.55. The quantitative estimate of drug-likeness (QED) is 0.306. The van der Waals surface area contributed by atoms with Crippen molar-refractivity contribution < 1.29 is 17.6 Å². The predicted molar refractivity (Wildman–Crippen MR) is 134 cm³/mol. The molecule has 0 radical (unpaired) electrons. The monoisotopic (exact) mass is 514 g/mol. The van der Waals surface area contributed by atoms with E-state index in [1.807, 2.05) is 0 Å². The summed E-state index contributed by atoms with van der Waals surface area (Å²) in [5.41, 5.74) is 0.639. The third-order valence-electron chi connectivity index (χ3n) is 5.19. The lowest BCUT2D eigenvalue weighted by molar-refractivity contribution is 0.101. The van der Waals surface area contributed by atoms with E-state index in [9.17, 15) is 13.2 Å². The van der Waals surface area contributed by atoms with Crippen LogP contribution in [0.1, 0.15) is 17.3 Å². The zero-order chi connectivity index (χ0) is 25.3. The SMILES string of the molecule is CNc1ncc2cc(-c3cccc(NS(=O)(=O)c4cccc(C(C)=O)c4Cl)c3F)c(NC)nc2n1. The molecule has 0 fully saturated rings. The fraction of sp³-hybridized carbons (Fsp3) is 0.130. The third-order valence-corrected chi connectivity index (χ3v) is 7.12. The van der Waals surface area contributed by atoms with Crippen LogP contribution in [0.15, 0.2) is 53.6 Å². The van der Waals surface area contributed by atoms with E-state index in [4.69, 9.17) is 11.6 Å².